The maximum atomic E-state index is 13.6. The van der Waals surface area contributed by atoms with Crippen molar-refractivity contribution in [1.29, 1.82) is 0 Å². The topological polar surface area (TPSA) is 59.1 Å². The summed E-state index contributed by atoms with van der Waals surface area (Å²) in [5.41, 5.74) is 1.67. The summed E-state index contributed by atoms with van der Waals surface area (Å²) in [6.07, 6.45) is 1.95. The van der Waals surface area contributed by atoms with E-state index >= 15 is 0 Å². The van der Waals surface area contributed by atoms with E-state index in [0.29, 0.717) is 39.0 Å². The Morgan fingerprint density at radius 2 is 1.59 bits per heavy atom. The second-order valence-electron chi connectivity index (χ2n) is 6.88. The summed E-state index contributed by atoms with van der Waals surface area (Å²) in [5, 5.41) is 0.412. The molecular formula is C22H21ClN2O4. The predicted molar refractivity (Wildman–Crippen MR) is 111 cm³/mol. The van der Waals surface area contributed by atoms with Crippen LogP contribution in [-0.2, 0) is 9.59 Å². The highest BCUT2D eigenvalue weighted by Crippen LogP contribution is 2.42. The van der Waals surface area contributed by atoms with Crippen molar-refractivity contribution in [3.63, 3.8) is 0 Å². The van der Waals surface area contributed by atoms with Crippen LogP contribution in [0.3, 0.4) is 0 Å². The van der Waals surface area contributed by atoms with Crippen molar-refractivity contribution in [2.45, 2.75) is 12.8 Å². The number of halogens is 1. The molecule has 2 aromatic carbocycles. The Bertz CT molecular complexity index is 1010. The van der Waals surface area contributed by atoms with E-state index in [-0.39, 0.29) is 5.91 Å². The molecule has 29 heavy (non-hydrogen) atoms. The summed E-state index contributed by atoms with van der Waals surface area (Å²) in [6.45, 7) is 1.46. The SMILES string of the molecule is COc1ccccc1C1=C(N2CCCC2)C(=O)N(c2cc(Cl)ccc2OC)C1=O. The normalized spacial score (nSPS) is 16.8. The number of anilines is 1. The molecule has 2 aliphatic rings. The van der Waals surface area contributed by atoms with E-state index in [2.05, 4.69) is 0 Å². The molecule has 150 valence electrons. The number of hydrogen-bond acceptors (Lipinski definition) is 5. The second kappa shape index (κ2) is 7.79. The van der Waals surface area contributed by atoms with Crippen LogP contribution in [0.2, 0.25) is 5.02 Å². The lowest BCUT2D eigenvalue weighted by molar-refractivity contribution is -0.120. The van der Waals surface area contributed by atoms with E-state index in [4.69, 9.17) is 21.1 Å². The first kappa shape index (κ1) is 19.3. The van der Waals surface area contributed by atoms with Gasteiger partial charge in [-0.25, -0.2) is 4.90 Å². The average molecular weight is 413 g/mol. The minimum absolute atomic E-state index is 0.330. The lowest BCUT2D eigenvalue weighted by atomic mass is 10.0. The number of nitrogens with zero attached hydrogens (tertiary/aromatic N) is 2. The molecule has 2 aromatic rings. The third kappa shape index (κ3) is 3.23. The fraction of sp³-hybridized carbons (Fsp3) is 0.273. The van der Waals surface area contributed by atoms with Gasteiger partial charge in [-0.15, -0.1) is 0 Å². The summed E-state index contributed by atoms with van der Waals surface area (Å²) in [7, 11) is 3.04. The summed E-state index contributed by atoms with van der Waals surface area (Å²) in [6, 6.07) is 12.1. The van der Waals surface area contributed by atoms with Crippen LogP contribution in [0.25, 0.3) is 5.57 Å². The molecule has 0 saturated carbocycles. The van der Waals surface area contributed by atoms with Gasteiger partial charge in [0.15, 0.2) is 0 Å². The number of carbonyl (C=O) groups excluding carboxylic acids is 2. The Kier molecular flexibility index (Phi) is 5.20. The summed E-state index contributed by atoms with van der Waals surface area (Å²) < 4.78 is 10.9. The molecule has 1 saturated heterocycles. The van der Waals surface area contributed by atoms with E-state index in [0.717, 1.165) is 30.8 Å². The number of ether oxygens (including phenoxy) is 2. The highest BCUT2D eigenvalue weighted by Gasteiger charge is 2.44. The van der Waals surface area contributed by atoms with Crippen LogP contribution in [0, 0.1) is 0 Å². The van der Waals surface area contributed by atoms with Crippen LogP contribution >= 0.6 is 11.6 Å². The van der Waals surface area contributed by atoms with Crippen LogP contribution in [0.1, 0.15) is 18.4 Å². The average Bonchev–Trinajstić information content (AvgIpc) is 3.34. The number of likely N-dealkylation sites (tertiary alicyclic amines) is 1. The summed E-state index contributed by atoms with van der Waals surface area (Å²) in [5.74, 6) is 0.152. The minimum atomic E-state index is -0.415. The number of rotatable bonds is 5. The summed E-state index contributed by atoms with van der Waals surface area (Å²) >= 11 is 6.16. The van der Waals surface area contributed by atoms with Crippen LogP contribution < -0.4 is 14.4 Å². The van der Waals surface area contributed by atoms with Gasteiger partial charge in [-0.2, -0.15) is 0 Å². The Labute approximate surface area is 174 Å². The van der Waals surface area contributed by atoms with Crippen LogP contribution in [0.15, 0.2) is 48.2 Å². The first-order valence-corrected chi connectivity index (χ1v) is 9.79. The van der Waals surface area contributed by atoms with Crippen molar-refractivity contribution in [3.05, 3.63) is 58.7 Å². The molecule has 0 bridgehead atoms. The van der Waals surface area contributed by atoms with E-state index in [1.807, 2.05) is 17.0 Å². The van der Waals surface area contributed by atoms with Crippen molar-refractivity contribution in [1.82, 2.24) is 4.90 Å². The number of methoxy groups -OCH3 is 2. The number of carbonyl (C=O) groups is 2. The molecule has 2 heterocycles. The third-order valence-corrected chi connectivity index (χ3v) is 5.47. The number of benzene rings is 2. The predicted octanol–water partition coefficient (Wildman–Crippen LogP) is 3.74. The quantitative estimate of drug-likeness (QED) is 0.700. The third-order valence-electron chi connectivity index (χ3n) is 5.24. The maximum Gasteiger partial charge on any atom is 0.282 e. The van der Waals surface area contributed by atoms with E-state index in [1.54, 1.807) is 37.4 Å². The molecule has 2 amide bonds. The largest absolute Gasteiger partial charge is 0.496 e. The number of amides is 2. The van der Waals surface area contributed by atoms with Gasteiger partial charge in [-0.05, 0) is 37.1 Å². The van der Waals surface area contributed by atoms with Gasteiger partial charge >= 0.3 is 0 Å². The Morgan fingerprint density at radius 3 is 2.28 bits per heavy atom. The fourth-order valence-corrected chi connectivity index (χ4v) is 4.07. The smallest absolute Gasteiger partial charge is 0.282 e. The first-order chi connectivity index (χ1) is 14.1. The molecule has 0 N–H and O–H groups in total. The van der Waals surface area contributed by atoms with Crippen molar-refractivity contribution in [2.75, 3.05) is 32.2 Å². The van der Waals surface area contributed by atoms with Gasteiger partial charge < -0.3 is 14.4 Å². The lowest BCUT2D eigenvalue weighted by Crippen LogP contribution is -2.34. The van der Waals surface area contributed by atoms with Gasteiger partial charge in [0.25, 0.3) is 11.8 Å². The zero-order valence-electron chi connectivity index (χ0n) is 16.3. The lowest BCUT2D eigenvalue weighted by Gasteiger charge is -2.21. The molecule has 0 radical (unpaired) electrons. The van der Waals surface area contributed by atoms with Gasteiger partial charge in [0.05, 0.1) is 25.5 Å². The maximum absolute atomic E-state index is 13.6. The first-order valence-electron chi connectivity index (χ1n) is 9.41. The van der Waals surface area contributed by atoms with E-state index in [1.165, 1.54) is 7.11 Å². The van der Waals surface area contributed by atoms with Gasteiger partial charge in [0.1, 0.15) is 17.2 Å². The molecule has 4 rings (SSSR count). The van der Waals surface area contributed by atoms with Crippen molar-refractivity contribution < 1.29 is 19.1 Å². The molecule has 0 unspecified atom stereocenters. The zero-order chi connectivity index (χ0) is 20.5. The number of hydrogen-bond donors (Lipinski definition) is 0. The molecule has 7 heteroatoms. The Balaban J connectivity index is 1.90. The van der Waals surface area contributed by atoms with Crippen molar-refractivity contribution >= 4 is 34.7 Å². The second-order valence-corrected chi connectivity index (χ2v) is 7.32. The van der Waals surface area contributed by atoms with Crippen molar-refractivity contribution in [3.8, 4) is 11.5 Å². The molecular weight excluding hydrogens is 392 g/mol. The van der Waals surface area contributed by atoms with E-state index < -0.39 is 5.91 Å². The van der Waals surface area contributed by atoms with Gasteiger partial charge in [-0.3, -0.25) is 9.59 Å². The van der Waals surface area contributed by atoms with Gasteiger partial charge in [0, 0.05) is 23.7 Å². The molecule has 6 nitrogen and oxygen atoms in total. The zero-order valence-corrected chi connectivity index (χ0v) is 17.0. The summed E-state index contributed by atoms with van der Waals surface area (Å²) in [4.78, 5) is 30.3. The number of para-hydroxylation sites is 1. The van der Waals surface area contributed by atoms with Crippen LogP contribution in [0.5, 0.6) is 11.5 Å². The van der Waals surface area contributed by atoms with E-state index in [9.17, 15) is 9.59 Å². The molecule has 0 atom stereocenters. The monoisotopic (exact) mass is 412 g/mol. The molecule has 2 aliphatic heterocycles. The highest BCUT2D eigenvalue weighted by molar-refractivity contribution is 6.46. The fourth-order valence-electron chi connectivity index (χ4n) is 3.90. The number of imide groups is 1. The highest BCUT2D eigenvalue weighted by atomic mass is 35.5. The molecule has 0 aromatic heterocycles. The van der Waals surface area contributed by atoms with Crippen LogP contribution in [-0.4, -0.2) is 44.0 Å². The standard InChI is InChI=1S/C22H21ClN2O4/c1-28-17-8-4-3-7-15(17)19-20(24-11-5-6-12-24)22(27)25(21(19)26)16-13-14(23)9-10-18(16)29-2/h3-4,7-10,13H,5-6,11-12H2,1-2H3. The molecule has 1 fully saturated rings. The molecule has 0 aliphatic carbocycles. The Hall–Kier alpha value is -2.99. The minimum Gasteiger partial charge on any atom is -0.496 e. The molecule has 0 spiro atoms. The van der Waals surface area contributed by atoms with Gasteiger partial charge in [0.2, 0.25) is 0 Å². The van der Waals surface area contributed by atoms with Gasteiger partial charge in [-0.1, -0.05) is 29.8 Å². The van der Waals surface area contributed by atoms with Crippen molar-refractivity contribution in [2.24, 2.45) is 0 Å². The Morgan fingerprint density at radius 1 is 0.897 bits per heavy atom. The van der Waals surface area contributed by atoms with Crippen LogP contribution in [0.4, 0.5) is 5.69 Å².